The molecule has 4 nitrogen and oxygen atoms in total. The molecule has 0 atom stereocenters. The van der Waals surface area contributed by atoms with Crippen LogP contribution in [-0.4, -0.2) is 18.0 Å². The van der Waals surface area contributed by atoms with Crippen molar-refractivity contribution in [2.45, 2.75) is 13.0 Å². The Balaban J connectivity index is 1.71. The van der Waals surface area contributed by atoms with E-state index in [-0.39, 0.29) is 11.9 Å². The minimum atomic E-state index is -0.245. The van der Waals surface area contributed by atoms with Gasteiger partial charge >= 0.3 is 0 Å². The fraction of sp³-hybridized carbons (Fsp3) is 0.120. The number of pyridine rings is 1. The van der Waals surface area contributed by atoms with E-state index >= 15 is 0 Å². The predicted octanol–water partition coefficient (Wildman–Crippen LogP) is 5.07. The van der Waals surface area contributed by atoms with Crippen molar-refractivity contribution in [1.82, 2.24) is 10.3 Å². The van der Waals surface area contributed by atoms with Crippen LogP contribution in [0, 0.1) is 6.92 Å². The minimum Gasteiger partial charge on any atom is -0.497 e. The first kappa shape index (κ1) is 18.7. The summed E-state index contributed by atoms with van der Waals surface area (Å²) in [7, 11) is 1.63. The Bertz CT molecular complexity index is 1100. The molecular weight excluding hydrogens is 360 g/mol. The molecule has 1 N–H and O–H groups in total. The molecule has 1 heterocycles. The lowest BCUT2D eigenvalue weighted by Crippen LogP contribution is -2.30. The van der Waals surface area contributed by atoms with Crippen LogP contribution in [0.15, 0.2) is 84.9 Å². The zero-order valence-corrected chi connectivity index (χ0v) is 16.4. The van der Waals surface area contributed by atoms with Crippen molar-refractivity contribution in [3.05, 3.63) is 107 Å². The Morgan fingerprint density at radius 1 is 0.897 bits per heavy atom. The number of rotatable bonds is 5. The standard InChI is InChI=1S/C25H22N2O2/c1-17-22(16-20-15-21(29-2)13-14-23(20)26-17)25(28)27-24(18-9-5-3-6-10-18)19-11-7-4-8-12-19/h3-16,24H,1-2H3,(H,27,28). The lowest BCUT2D eigenvalue weighted by atomic mass is 9.98. The topological polar surface area (TPSA) is 51.2 Å². The van der Waals surface area contributed by atoms with Gasteiger partial charge in [-0.3, -0.25) is 9.78 Å². The van der Waals surface area contributed by atoms with Gasteiger partial charge in [-0.2, -0.15) is 0 Å². The summed E-state index contributed by atoms with van der Waals surface area (Å²) in [6.07, 6.45) is 0. The Hall–Kier alpha value is -3.66. The summed E-state index contributed by atoms with van der Waals surface area (Å²) in [5.41, 5.74) is 4.14. The van der Waals surface area contributed by atoms with Gasteiger partial charge in [0.1, 0.15) is 5.75 Å². The van der Waals surface area contributed by atoms with Gasteiger partial charge in [-0.05, 0) is 42.3 Å². The van der Waals surface area contributed by atoms with Crippen LogP contribution in [0.3, 0.4) is 0 Å². The maximum Gasteiger partial charge on any atom is 0.253 e. The highest BCUT2D eigenvalue weighted by molar-refractivity contribution is 5.99. The number of amides is 1. The van der Waals surface area contributed by atoms with E-state index in [4.69, 9.17) is 4.74 Å². The van der Waals surface area contributed by atoms with E-state index in [9.17, 15) is 4.79 Å². The van der Waals surface area contributed by atoms with Crippen LogP contribution < -0.4 is 10.1 Å². The van der Waals surface area contributed by atoms with Crippen molar-refractivity contribution in [1.29, 1.82) is 0 Å². The number of carbonyl (C=O) groups is 1. The lowest BCUT2D eigenvalue weighted by molar-refractivity contribution is 0.0942. The molecule has 0 aliphatic heterocycles. The van der Waals surface area contributed by atoms with E-state index in [0.29, 0.717) is 11.3 Å². The van der Waals surface area contributed by atoms with E-state index in [1.807, 2.05) is 91.9 Å². The third-order valence-corrected chi connectivity index (χ3v) is 5.00. The van der Waals surface area contributed by atoms with Gasteiger partial charge in [0.2, 0.25) is 0 Å². The van der Waals surface area contributed by atoms with Crippen LogP contribution in [0.25, 0.3) is 10.9 Å². The molecular formula is C25H22N2O2. The molecule has 0 bridgehead atoms. The maximum atomic E-state index is 13.2. The predicted molar refractivity (Wildman–Crippen MR) is 115 cm³/mol. The first-order valence-corrected chi connectivity index (χ1v) is 9.52. The van der Waals surface area contributed by atoms with Gasteiger partial charge in [-0.15, -0.1) is 0 Å². The number of nitrogens with zero attached hydrogens (tertiary/aromatic N) is 1. The van der Waals surface area contributed by atoms with Crippen LogP contribution >= 0.6 is 0 Å². The fourth-order valence-electron chi connectivity index (χ4n) is 3.47. The number of methoxy groups -OCH3 is 1. The summed E-state index contributed by atoms with van der Waals surface area (Å²) in [6, 6.07) is 27.2. The van der Waals surface area contributed by atoms with Crippen LogP contribution in [0.4, 0.5) is 0 Å². The van der Waals surface area contributed by atoms with E-state index in [0.717, 1.165) is 27.8 Å². The summed E-state index contributed by atoms with van der Waals surface area (Å²) in [4.78, 5) is 17.8. The Labute approximate surface area is 170 Å². The molecule has 1 aromatic heterocycles. The lowest BCUT2D eigenvalue weighted by Gasteiger charge is -2.20. The summed E-state index contributed by atoms with van der Waals surface area (Å²) in [5, 5.41) is 4.06. The zero-order chi connectivity index (χ0) is 20.2. The second-order valence-corrected chi connectivity index (χ2v) is 6.91. The number of fused-ring (bicyclic) bond motifs is 1. The van der Waals surface area contributed by atoms with Crippen LogP contribution in [-0.2, 0) is 0 Å². The summed E-state index contributed by atoms with van der Waals surface area (Å²) in [6.45, 7) is 1.86. The Morgan fingerprint density at radius 3 is 2.10 bits per heavy atom. The van der Waals surface area contributed by atoms with Crippen LogP contribution in [0.2, 0.25) is 0 Å². The van der Waals surface area contributed by atoms with E-state index in [2.05, 4.69) is 10.3 Å². The number of hydrogen-bond donors (Lipinski definition) is 1. The number of ether oxygens (including phenoxy) is 1. The van der Waals surface area contributed by atoms with Crippen molar-refractivity contribution in [3.63, 3.8) is 0 Å². The Morgan fingerprint density at radius 2 is 1.52 bits per heavy atom. The van der Waals surface area contributed by atoms with Gasteiger partial charge in [-0.25, -0.2) is 0 Å². The third kappa shape index (κ3) is 3.97. The van der Waals surface area contributed by atoms with Crippen molar-refractivity contribution >= 4 is 16.8 Å². The van der Waals surface area contributed by atoms with Crippen molar-refractivity contribution < 1.29 is 9.53 Å². The molecule has 29 heavy (non-hydrogen) atoms. The van der Waals surface area contributed by atoms with Crippen molar-refractivity contribution in [2.24, 2.45) is 0 Å². The molecule has 0 saturated heterocycles. The highest BCUT2D eigenvalue weighted by atomic mass is 16.5. The number of nitrogens with one attached hydrogen (secondary N) is 1. The second-order valence-electron chi connectivity index (χ2n) is 6.91. The van der Waals surface area contributed by atoms with E-state index in [1.165, 1.54) is 0 Å². The average Bonchev–Trinajstić information content (AvgIpc) is 2.77. The molecule has 3 aromatic carbocycles. The van der Waals surface area contributed by atoms with Gasteiger partial charge in [0.05, 0.1) is 29.9 Å². The molecule has 1 amide bonds. The SMILES string of the molecule is COc1ccc2nc(C)c(C(=O)NC(c3ccccc3)c3ccccc3)cc2c1. The van der Waals surface area contributed by atoms with Crippen LogP contribution in [0.1, 0.15) is 33.2 Å². The quantitative estimate of drug-likeness (QED) is 0.524. The van der Waals surface area contributed by atoms with E-state index < -0.39 is 0 Å². The smallest absolute Gasteiger partial charge is 0.253 e. The Kier molecular flexibility index (Phi) is 5.25. The van der Waals surface area contributed by atoms with Gasteiger partial charge in [0.25, 0.3) is 5.91 Å². The van der Waals surface area contributed by atoms with Gasteiger partial charge < -0.3 is 10.1 Å². The molecule has 0 aliphatic carbocycles. The third-order valence-electron chi connectivity index (χ3n) is 5.00. The van der Waals surface area contributed by atoms with Crippen molar-refractivity contribution in [3.8, 4) is 5.75 Å². The number of aryl methyl sites for hydroxylation is 1. The first-order chi connectivity index (χ1) is 14.2. The van der Waals surface area contributed by atoms with Gasteiger partial charge in [0.15, 0.2) is 0 Å². The number of aromatic nitrogens is 1. The molecule has 144 valence electrons. The molecule has 4 aromatic rings. The summed E-state index contributed by atoms with van der Waals surface area (Å²) in [5.74, 6) is 0.582. The summed E-state index contributed by atoms with van der Waals surface area (Å²) >= 11 is 0. The normalized spacial score (nSPS) is 10.9. The van der Waals surface area contributed by atoms with Gasteiger partial charge in [-0.1, -0.05) is 60.7 Å². The molecule has 0 unspecified atom stereocenters. The zero-order valence-electron chi connectivity index (χ0n) is 16.4. The molecule has 0 aliphatic rings. The maximum absolute atomic E-state index is 13.2. The van der Waals surface area contributed by atoms with Crippen LogP contribution in [0.5, 0.6) is 5.75 Å². The molecule has 0 radical (unpaired) electrons. The first-order valence-electron chi connectivity index (χ1n) is 9.52. The largest absolute Gasteiger partial charge is 0.497 e. The second kappa shape index (κ2) is 8.15. The van der Waals surface area contributed by atoms with Crippen molar-refractivity contribution in [2.75, 3.05) is 7.11 Å². The number of carbonyl (C=O) groups excluding carboxylic acids is 1. The minimum absolute atomic E-state index is 0.155. The number of benzene rings is 3. The summed E-state index contributed by atoms with van der Waals surface area (Å²) < 4.78 is 5.30. The molecule has 0 saturated carbocycles. The monoisotopic (exact) mass is 382 g/mol. The molecule has 4 rings (SSSR count). The molecule has 0 spiro atoms. The van der Waals surface area contributed by atoms with Gasteiger partial charge in [0, 0.05) is 5.39 Å². The fourth-order valence-corrected chi connectivity index (χ4v) is 3.47. The van der Waals surface area contributed by atoms with E-state index in [1.54, 1.807) is 7.11 Å². The average molecular weight is 382 g/mol. The highest BCUT2D eigenvalue weighted by Crippen LogP contribution is 2.25. The molecule has 0 fully saturated rings. The molecule has 4 heteroatoms. The number of hydrogen-bond acceptors (Lipinski definition) is 3. The highest BCUT2D eigenvalue weighted by Gasteiger charge is 2.19.